The van der Waals surface area contributed by atoms with Crippen LogP contribution in [0.5, 0.6) is 0 Å². The lowest BCUT2D eigenvalue weighted by molar-refractivity contribution is 0.0692. The van der Waals surface area contributed by atoms with Gasteiger partial charge in [-0.2, -0.15) is 9.40 Å². The van der Waals surface area contributed by atoms with Gasteiger partial charge in [0, 0.05) is 25.7 Å². The van der Waals surface area contributed by atoms with Gasteiger partial charge in [-0.3, -0.25) is 10.00 Å². The molecule has 0 radical (unpaired) electrons. The van der Waals surface area contributed by atoms with Gasteiger partial charge in [-0.25, -0.2) is 13.2 Å². The zero-order valence-electron chi connectivity index (χ0n) is 10.8. The summed E-state index contributed by atoms with van der Waals surface area (Å²) in [5.74, 6) is -1.29. The number of piperazine rings is 1. The molecule has 3 rings (SSSR count). The highest BCUT2D eigenvalue weighted by Crippen LogP contribution is 2.26. The topological polar surface area (TPSA) is 107 Å². The molecule has 8 nitrogen and oxygen atoms in total. The van der Waals surface area contributed by atoms with E-state index in [4.69, 9.17) is 5.11 Å². The smallest absolute Gasteiger partial charge is 0.340 e. The molecule has 20 heavy (non-hydrogen) atoms. The molecule has 1 unspecified atom stereocenters. The Labute approximate surface area is 116 Å². The molecular weight excluding hydrogens is 284 g/mol. The molecule has 0 aliphatic carbocycles. The Kier molecular flexibility index (Phi) is 3.27. The second-order valence-electron chi connectivity index (χ2n) is 5.11. The van der Waals surface area contributed by atoms with E-state index in [1.54, 1.807) is 0 Å². The number of aromatic amines is 1. The number of H-pyrrole nitrogens is 1. The summed E-state index contributed by atoms with van der Waals surface area (Å²) in [6, 6.07) is 0.245. The first-order chi connectivity index (χ1) is 9.50. The van der Waals surface area contributed by atoms with Crippen molar-refractivity contribution >= 4 is 16.0 Å². The van der Waals surface area contributed by atoms with Crippen LogP contribution in [0.3, 0.4) is 0 Å². The second kappa shape index (κ2) is 4.83. The molecule has 2 fully saturated rings. The monoisotopic (exact) mass is 300 g/mol. The normalized spacial score (nSPS) is 24.7. The van der Waals surface area contributed by atoms with Crippen molar-refractivity contribution in [3.8, 4) is 0 Å². The maximum atomic E-state index is 12.5. The van der Waals surface area contributed by atoms with Crippen LogP contribution in [0.4, 0.5) is 0 Å². The van der Waals surface area contributed by atoms with Gasteiger partial charge in [0.05, 0.1) is 6.20 Å². The molecule has 0 saturated carbocycles. The molecule has 2 N–H and O–H groups in total. The van der Waals surface area contributed by atoms with E-state index in [1.807, 2.05) is 0 Å². The fourth-order valence-corrected chi connectivity index (χ4v) is 4.47. The molecule has 1 atom stereocenters. The summed E-state index contributed by atoms with van der Waals surface area (Å²) in [6.07, 6.45) is 3.10. The van der Waals surface area contributed by atoms with Crippen LogP contribution in [0, 0.1) is 0 Å². The van der Waals surface area contributed by atoms with Crippen molar-refractivity contribution in [3.63, 3.8) is 0 Å². The number of carbonyl (C=O) groups is 1. The predicted octanol–water partition coefficient (Wildman–Crippen LogP) is -0.423. The summed E-state index contributed by atoms with van der Waals surface area (Å²) < 4.78 is 26.4. The Morgan fingerprint density at radius 1 is 1.40 bits per heavy atom. The van der Waals surface area contributed by atoms with Crippen LogP contribution in [0.25, 0.3) is 0 Å². The predicted molar refractivity (Wildman–Crippen MR) is 68.9 cm³/mol. The minimum atomic E-state index is -3.83. The number of carboxylic acid groups (broad SMARTS) is 1. The SMILES string of the molecule is O=C(O)c1cn[nH]c1S(=O)(=O)N1CCN2CCCC2C1. The lowest BCUT2D eigenvalue weighted by Gasteiger charge is -2.36. The Morgan fingerprint density at radius 3 is 2.95 bits per heavy atom. The van der Waals surface area contributed by atoms with Gasteiger partial charge in [-0.05, 0) is 19.4 Å². The van der Waals surface area contributed by atoms with Gasteiger partial charge in [0.15, 0.2) is 5.03 Å². The minimum Gasteiger partial charge on any atom is -0.478 e. The first kappa shape index (κ1) is 13.5. The van der Waals surface area contributed by atoms with Crippen molar-refractivity contribution in [1.29, 1.82) is 0 Å². The summed E-state index contributed by atoms with van der Waals surface area (Å²) in [7, 11) is -3.83. The maximum Gasteiger partial charge on any atom is 0.340 e. The molecule has 1 aromatic rings. The van der Waals surface area contributed by atoms with E-state index in [9.17, 15) is 13.2 Å². The highest BCUT2D eigenvalue weighted by Gasteiger charge is 2.38. The lowest BCUT2D eigenvalue weighted by atomic mass is 10.2. The number of hydrogen-bond acceptors (Lipinski definition) is 5. The van der Waals surface area contributed by atoms with E-state index in [-0.39, 0.29) is 16.6 Å². The number of nitrogens with zero attached hydrogens (tertiary/aromatic N) is 3. The van der Waals surface area contributed by atoms with Crippen LogP contribution < -0.4 is 0 Å². The molecule has 0 bridgehead atoms. The number of fused-ring (bicyclic) bond motifs is 1. The quantitative estimate of drug-likeness (QED) is 0.785. The van der Waals surface area contributed by atoms with E-state index < -0.39 is 16.0 Å². The number of nitrogens with one attached hydrogen (secondary N) is 1. The van der Waals surface area contributed by atoms with Crippen LogP contribution in [-0.4, -0.2) is 71.1 Å². The van der Waals surface area contributed by atoms with Crippen LogP contribution in [0.2, 0.25) is 0 Å². The Balaban J connectivity index is 1.88. The number of carboxylic acids is 1. The van der Waals surface area contributed by atoms with Gasteiger partial charge in [0.1, 0.15) is 5.56 Å². The summed E-state index contributed by atoms with van der Waals surface area (Å²) in [4.78, 5) is 13.3. The molecule has 3 heterocycles. The first-order valence-electron chi connectivity index (χ1n) is 6.51. The molecule has 0 amide bonds. The standard InChI is InChI=1S/C11H16N4O4S/c16-11(17)9-6-12-13-10(9)20(18,19)15-5-4-14-3-1-2-8(14)7-15/h6,8H,1-5,7H2,(H,12,13)(H,16,17). The summed E-state index contributed by atoms with van der Waals surface area (Å²) in [5.41, 5.74) is -0.307. The van der Waals surface area contributed by atoms with E-state index in [1.165, 1.54) is 4.31 Å². The van der Waals surface area contributed by atoms with Crippen LogP contribution in [-0.2, 0) is 10.0 Å². The second-order valence-corrected chi connectivity index (χ2v) is 6.99. The van der Waals surface area contributed by atoms with E-state index in [2.05, 4.69) is 15.1 Å². The molecule has 0 aromatic carbocycles. The summed E-state index contributed by atoms with van der Waals surface area (Å²) in [6.45, 7) is 2.51. The van der Waals surface area contributed by atoms with Crippen LogP contribution >= 0.6 is 0 Å². The Bertz CT molecular complexity index is 626. The molecule has 2 aliphatic heterocycles. The number of aromatic carboxylic acids is 1. The summed E-state index contributed by atoms with van der Waals surface area (Å²) >= 11 is 0. The van der Waals surface area contributed by atoms with Gasteiger partial charge >= 0.3 is 5.97 Å². The zero-order valence-corrected chi connectivity index (χ0v) is 11.6. The number of sulfonamides is 1. The van der Waals surface area contributed by atoms with Crippen molar-refractivity contribution in [2.24, 2.45) is 0 Å². The molecule has 2 saturated heterocycles. The number of rotatable bonds is 3. The lowest BCUT2D eigenvalue weighted by Crippen LogP contribution is -2.52. The average Bonchev–Trinajstić information content (AvgIpc) is 3.06. The average molecular weight is 300 g/mol. The van der Waals surface area contributed by atoms with Gasteiger partial charge in [-0.1, -0.05) is 0 Å². The van der Waals surface area contributed by atoms with Crippen molar-refractivity contribution in [1.82, 2.24) is 19.4 Å². The highest BCUT2D eigenvalue weighted by atomic mass is 32.2. The molecule has 2 aliphatic rings. The zero-order chi connectivity index (χ0) is 14.3. The van der Waals surface area contributed by atoms with Crippen LogP contribution in [0.15, 0.2) is 11.2 Å². The fourth-order valence-electron chi connectivity index (χ4n) is 2.93. The van der Waals surface area contributed by atoms with E-state index in [0.29, 0.717) is 19.6 Å². The van der Waals surface area contributed by atoms with Gasteiger partial charge in [0.2, 0.25) is 0 Å². The molecular formula is C11H16N4O4S. The highest BCUT2D eigenvalue weighted by molar-refractivity contribution is 7.89. The third-order valence-corrected chi connectivity index (χ3v) is 5.82. The molecule has 110 valence electrons. The molecule has 9 heteroatoms. The van der Waals surface area contributed by atoms with Gasteiger partial charge < -0.3 is 5.11 Å². The van der Waals surface area contributed by atoms with E-state index >= 15 is 0 Å². The fraction of sp³-hybridized carbons (Fsp3) is 0.636. The number of aromatic nitrogens is 2. The van der Waals surface area contributed by atoms with Crippen molar-refractivity contribution < 1.29 is 18.3 Å². The van der Waals surface area contributed by atoms with Crippen LogP contribution in [0.1, 0.15) is 23.2 Å². The van der Waals surface area contributed by atoms with Crippen molar-refractivity contribution in [2.45, 2.75) is 23.9 Å². The molecule has 0 spiro atoms. The van der Waals surface area contributed by atoms with Gasteiger partial charge in [0.25, 0.3) is 10.0 Å². The Hall–Kier alpha value is -1.45. The molecule has 1 aromatic heterocycles. The third-order valence-electron chi connectivity index (χ3n) is 3.98. The summed E-state index contributed by atoms with van der Waals surface area (Å²) in [5, 5.41) is 14.6. The van der Waals surface area contributed by atoms with Crippen molar-refractivity contribution in [2.75, 3.05) is 26.2 Å². The van der Waals surface area contributed by atoms with Crippen molar-refractivity contribution in [3.05, 3.63) is 11.8 Å². The van der Waals surface area contributed by atoms with Gasteiger partial charge in [-0.15, -0.1) is 0 Å². The third kappa shape index (κ3) is 2.11. The minimum absolute atomic E-state index is 0.245. The Morgan fingerprint density at radius 2 is 2.20 bits per heavy atom. The maximum absolute atomic E-state index is 12.5. The first-order valence-corrected chi connectivity index (χ1v) is 7.95. The largest absolute Gasteiger partial charge is 0.478 e. The number of hydrogen-bond donors (Lipinski definition) is 2. The van der Waals surface area contributed by atoms with E-state index in [0.717, 1.165) is 25.6 Å².